The number of piperidine rings is 1. The number of hydrogen-bond acceptors (Lipinski definition) is 3. The second kappa shape index (κ2) is 6.87. The van der Waals surface area contributed by atoms with Gasteiger partial charge in [0, 0.05) is 30.8 Å². The Bertz CT molecular complexity index is 405. The first-order valence-corrected chi connectivity index (χ1v) is 7.11. The van der Waals surface area contributed by atoms with Gasteiger partial charge in [-0.15, -0.1) is 0 Å². The van der Waals surface area contributed by atoms with E-state index >= 15 is 0 Å². The first kappa shape index (κ1) is 14.3. The summed E-state index contributed by atoms with van der Waals surface area (Å²) >= 11 is 0. The van der Waals surface area contributed by atoms with Crippen molar-refractivity contribution in [2.24, 2.45) is 0 Å². The molecule has 0 aliphatic carbocycles. The highest BCUT2D eigenvalue weighted by molar-refractivity contribution is 5.29. The SMILES string of the molecule is CC(NCCN1CCCCC1)c1ccc(O)cc1F. The summed E-state index contributed by atoms with van der Waals surface area (Å²) < 4.78 is 13.7. The number of nitrogens with one attached hydrogen (secondary N) is 1. The van der Waals surface area contributed by atoms with Gasteiger partial charge in [-0.1, -0.05) is 12.5 Å². The van der Waals surface area contributed by atoms with Gasteiger partial charge in [-0.3, -0.25) is 0 Å². The second-order valence-corrected chi connectivity index (χ2v) is 5.28. The van der Waals surface area contributed by atoms with Crippen molar-refractivity contribution in [3.63, 3.8) is 0 Å². The molecular weight excluding hydrogens is 243 g/mol. The minimum atomic E-state index is -0.349. The van der Waals surface area contributed by atoms with Crippen molar-refractivity contribution in [3.05, 3.63) is 29.6 Å². The number of aromatic hydroxyl groups is 1. The molecule has 1 aromatic rings. The van der Waals surface area contributed by atoms with Crippen LogP contribution >= 0.6 is 0 Å². The van der Waals surface area contributed by atoms with Gasteiger partial charge in [-0.05, 0) is 38.9 Å². The topological polar surface area (TPSA) is 35.5 Å². The van der Waals surface area contributed by atoms with Gasteiger partial charge in [-0.25, -0.2) is 4.39 Å². The van der Waals surface area contributed by atoms with Gasteiger partial charge in [0.1, 0.15) is 11.6 Å². The van der Waals surface area contributed by atoms with Crippen LogP contribution in [0.5, 0.6) is 5.75 Å². The highest BCUT2D eigenvalue weighted by atomic mass is 19.1. The van der Waals surface area contributed by atoms with Crippen LogP contribution in [0.25, 0.3) is 0 Å². The van der Waals surface area contributed by atoms with Crippen LogP contribution in [0.1, 0.15) is 37.8 Å². The van der Waals surface area contributed by atoms with Gasteiger partial charge in [-0.2, -0.15) is 0 Å². The van der Waals surface area contributed by atoms with Crippen LogP contribution in [0.2, 0.25) is 0 Å². The maximum absolute atomic E-state index is 13.7. The molecule has 3 nitrogen and oxygen atoms in total. The standard InChI is InChI=1S/C15H23FN2O/c1-12(14-6-5-13(19)11-15(14)16)17-7-10-18-8-3-2-4-9-18/h5-6,11-12,17,19H,2-4,7-10H2,1H3. The van der Waals surface area contributed by atoms with Crippen molar-refractivity contribution in [2.75, 3.05) is 26.2 Å². The Labute approximate surface area is 114 Å². The Morgan fingerprint density at radius 2 is 2.05 bits per heavy atom. The molecule has 0 radical (unpaired) electrons. The van der Waals surface area contributed by atoms with E-state index in [0.717, 1.165) is 19.2 Å². The van der Waals surface area contributed by atoms with E-state index in [-0.39, 0.29) is 17.6 Å². The number of likely N-dealkylation sites (tertiary alicyclic amines) is 1. The molecule has 1 aliphatic rings. The molecule has 1 saturated heterocycles. The lowest BCUT2D eigenvalue weighted by Crippen LogP contribution is -2.36. The van der Waals surface area contributed by atoms with Crippen LogP contribution in [0.3, 0.4) is 0 Å². The lowest BCUT2D eigenvalue weighted by atomic mass is 10.1. The van der Waals surface area contributed by atoms with Crippen molar-refractivity contribution in [1.29, 1.82) is 0 Å². The van der Waals surface area contributed by atoms with Gasteiger partial charge in [0.25, 0.3) is 0 Å². The summed E-state index contributed by atoms with van der Waals surface area (Å²) in [6, 6.07) is 4.30. The van der Waals surface area contributed by atoms with E-state index in [0.29, 0.717) is 5.56 Å². The summed E-state index contributed by atoms with van der Waals surface area (Å²) in [6.45, 7) is 6.20. The van der Waals surface area contributed by atoms with Crippen LogP contribution in [0.4, 0.5) is 4.39 Å². The van der Waals surface area contributed by atoms with Gasteiger partial charge < -0.3 is 15.3 Å². The van der Waals surface area contributed by atoms with E-state index in [2.05, 4.69) is 10.2 Å². The summed E-state index contributed by atoms with van der Waals surface area (Å²) in [5, 5.41) is 12.5. The molecule has 0 amide bonds. The molecular formula is C15H23FN2O. The average molecular weight is 266 g/mol. The predicted octanol–water partition coefficient (Wildman–Crippen LogP) is 2.67. The number of phenolic OH excluding ortho intramolecular Hbond substituents is 1. The maximum Gasteiger partial charge on any atom is 0.131 e. The molecule has 1 aromatic carbocycles. The third-order valence-electron chi connectivity index (χ3n) is 3.78. The van der Waals surface area contributed by atoms with Crippen molar-refractivity contribution < 1.29 is 9.50 Å². The van der Waals surface area contributed by atoms with Gasteiger partial charge in [0.15, 0.2) is 0 Å². The Morgan fingerprint density at radius 3 is 2.74 bits per heavy atom. The average Bonchev–Trinajstić information content (AvgIpc) is 2.39. The quantitative estimate of drug-likeness (QED) is 0.860. The number of hydrogen-bond donors (Lipinski definition) is 2. The molecule has 0 bridgehead atoms. The monoisotopic (exact) mass is 266 g/mol. The number of benzene rings is 1. The summed E-state index contributed by atoms with van der Waals surface area (Å²) in [5.41, 5.74) is 0.608. The van der Waals surface area contributed by atoms with E-state index in [9.17, 15) is 9.50 Å². The first-order valence-electron chi connectivity index (χ1n) is 7.11. The summed E-state index contributed by atoms with van der Waals surface area (Å²) in [7, 11) is 0. The maximum atomic E-state index is 13.7. The molecule has 1 fully saturated rings. The largest absolute Gasteiger partial charge is 0.508 e. The van der Waals surface area contributed by atoms with Crippen LogP contribution in [-0.2, 0) is 0 Å². The molecule has 0 saturated carbocycles. The van der Waals surface area contributed by atoms with Crippen LogP contribution in [-0.4, -0.2) is 36.2 Å². The number of nitrogens with zero attached hydrogens (tertiary/aromatic N) is 1. The zero-order valence-electron chi connectivity index (χ0n) is 11.5. The lowest BCUT2D eigenvalue weighted by Gasteiger charge is -2.27. The molecule has 1 heterocycles. The Balaban J connectivity index is 1.78. The molecule has 4 heteroatoms. The molecule has 0 spiro atoms. The van der Waals surface area contributed by atoms with Gasteiger partial charge in [0.2, 0.25) is 0 Å². The van der Waals surface area contributed by atoms with E-state index in [4.69, 9.17) is 0 Å². The van der Waals surface area contributed by atoms with Crippen molar-refractivity contribution >= 4 is 0 Å². The number of rotatable bonds is 5. The smallest absolute Gasteiger partial charge is 0.131 e. The molecule has 1 atom stereocenters. The predicted molar refractivity (Wildman–Crippen MR) is 74.8 cm³/mol. The highest BCUT2D eigenvalue weighted by Gasteiger charge is 2.13. The molecule has 19 heavy (non-hydrogen) atoms. The third kappa shape index (κ3) is 4.18. The Morgan fingerprint density at radius 1 is 1.32 bits per heavy atom. The molecule has 2 N–H and O–H groups in total. The first-order chi connectivity index (χ1) is 9.16. The number of phenols is 1. The fourth-order valence-corrected chi connectivity index (χ4v) is 2.60. The van der Waals surface area contributed by atoms with E-state index in [1.54, 1.807) is 6.07 Å². The Hall–Kier alpha value is -1.13. The highest BCUT2D eigenvalue weighted by Crippen LogP contribution is 2.20. The second-order valence-electron chi connectivity index (χ2n) is 5.28. The van der Waals surface area contributed by atoms with Gasteiger partial charge in [0.05, 0.1) is 0 Å². The van der Waals surface area contributed by atoms with E-state index in [1.165, 1.54) is 38.4 Å². The minimum absolute atomic E-state index is 0.0261. The van der Waals surface area contributed by atoms with Crippen LogP contribution in [0, 0.1) is 5.82 Å². The van der Waals surface area contributed by atoms with Crippen LogP contribution in [0.15, 0.2) is 18.2 Å². The Kier molecular flexibility index (Phi) is 5.16. The molecule has 1 unspecified atom stereocenters. The van der Waals surface area contributed by atoms with Crippen LogP contribution < -0.4 is 5.32 Å². The van der Waals surface area contributed by atoms with Gasteiger partial charge >= 0.3 is 0 Å². The van der Waals surface area contributed by atoms with E-state index < -0.39 is 0 Å². The van der Waals surface area contributed by atoms with Crippen molar-refractivity contribution in [3.8, 4) is 5.75 Å². The van der Waals surface area contributed by atoms with Crippen molar-refractivity contribution in [1.82, 2.24) is 10.2 Å². The minimum Gasteiger partial charge on any atom is -0.508 e. The molecule has 2 rings (SSSR count). The zero-order valence-corrected chi connectivity index (χ0v) is 11.5. The third-order valence-corrected chi connectivity index (χ3v) is 3.78. The fourth-order valence-electron chi connectivity index (χ4n) is 2.60. The fraction of sp³-hybridized carbons (Fsp3) is 0.600. The normalized spacial score (nSPS) is 18.4. The number of halogens is 1. The lowest BCUT2D eigenvalue weighted by molar-refractivity contribution is 0.226. The van der Waals surface area contributed by atoms with Crippen molar-refractivity contribution in [2.45, 2.75) is 32.2 Å². The zero-order chi connectivity index (χ0) is 13.7. The van der Waals surface area contributed by atoms with E-state index in [1.807, 2.05) is 6.92 Å². The molecule has 106 valence electrons. The molecule has 1 aliphatic heterocycles. The molecule has 0 aromatic heterocycles. The summed E-state index contributed by atoms with van der Waals surface area (Å²) in [5.74, 6) is -0.375. The summed E-state index contributed by atoms with van der Waals surface area (Å²) in [4.78, 5) is 2.45. The summed E-state index contributed by atoms with van der Waals surface area (Å²) in [6.07, 6.45) is 3.93.